The van der Waals surface area contributed by atoms with Gasteiger partial charge < -0.3 is 4.90 Å². The Morgan fingerprint density at radius 2 is 1.44 bits per heavy atom. The number of nitrogens with one attached hydrogen (secondary N) is 1. The van der Waals surface area contributed by atoms with Gasteiger partial charge in [0.05, 0.1) is 4.90 Å². The molecule has 0 radical (unpaired) electrons. The van der Waals surface area contributed by atoms with Crippen LogP contribution < -0.4 is 9.62 Å². The fourth-order valence-corrected chi connectivity index (χ4v) is 3.91. The molecule has 0 aliphatic carbocycles. The highest BCUT2D eigenvalue weighted by molar-refractivity contribution is 7.92. The SMILES string of the molecule is CN(C)c1ccc(-c2cc(F)c(F)cc2S(=O)(=O)Nc2ccccc2)cc1. The van der Waals surface area contributed by atoms with Crippen molar-refractivity contribution < 1.29 is 17.2 Å². The molecule has 0 aromatic heterocycles. The van der Waals surface area contributed by atoms with Gasteiger partial charge in [-0.1, -0.05) is 30.3 Å². The highest BCUT2D eigenvalue weighted by Gasteiger charge is 2.23. The van der Waals surface area contributed by atoms with Gasteiger partial charge in [0.2, 0.25) is 0 Å². The minimum Gasteiger partial charge on any atom is -0.378 e. The first-order valence-electron chi connectivity index (χ1n) is 8.12. The molecule has 0 amide bonds. The largest absolute Gasteiger partial charge is 0.378 e. The van der Waals surface area contributed by atoms with E-state index >= 15 is 0 Å². The molecule has 0 aliphatic heterocycles. The van der Waals surface area contributed by atoms with Crippen LogP contribution in [0.25, 0.3) is 11.1 Å². The molecule has 3 aromatic rings. The Hall–Kier alpha value is -2.93. The van der Waals surface area contributed by atoms with Crippen LogP contribution in [0.1, 0.15) is 0 Å². The van der Waals surface area contributed by atoms with Crippen LogP contribution in [0, 0.1) is 11.6 Å². The molecule has 27 heavy (non-hydrogen) atoms. The van der Waals surface area contributed by atoms with Gasteiger partial charge in [-0.2, -0.15) is 0 Å². The quantitative estimate of drug-likeness (QED) is 0.700. The van der Waals surface area contributed by atoms with Gasteiger partial charge in [-0.25, -0.2) is 17.2 Å². The van der Waals surface area contributed by atoms with Crippen molar-refractivity contribution in [3.05, 3.63) is 78.4 Å². The van der Waals surface area contributed by atoms with Gasteiger partial charge in [-0.05, 0) is 42.0 Å². The molecule has 0 unspecified atom stereocenters. The number of anilines is 2. The van der Waals surface area contributed by atoms with Crippen LogP contribution in [0.2, 0.25) is 0 Å². The molecule has 1 N–H and O–H groups in total. The molecular formula is C20H18F2N2O2S. The number of halogens is 2. The first-order valence-corrected chi connectivity index (χ1v) is 9.61. The predicted molar refractivity (Wildman–Crippen MR) is 103 cm³/mol. The molecule has 0 aliphatic rings. The van der Waals surface area contributed by atoms with Crippen LogP contribution in [0.3, 0.4) is 0 Å². The van der Waals surface area contributed by atoms with Crippen molar-refractivity contribution in [3.63, 3.8) is 0 Å². The first-order chi connectivity index (χ1) is 12.8. The van der Waals surface area contributed by atoms with Gasteiger partial charge in [-0.3, -0.25) is 4.72 Å². The maximum Gasteiger partial charge on any atom is 0.262 e. The summed E-state index contributed by atoms with van der Waals surface area (Å²) in [6.07, 6.45) is 0. The summed E-state index contributed by atoms with van der Waals surface area (Å²) in [6, 6.07) is 16.7. The molecule has 3 aromatic carbocycles. The lowest BCUT2D eigenvalue weighted by Crippen LogP contribution is -2.15. The molecule has 0 atom stereocenters. The third-order valence-corrected chi connectivity index (χ3v) is 5.45. The zero-order chi connectivity index (χ0) is 19.6. The summed E-state index contributed by atoms with van der Waals surface area (Å²) in [5.74, 6) is -2.34. The van der Waals surface area contributed by atoms with E-state index in [9.17, 15) is 17.2 Å². The molecule has 0 spiro atoms. The first kappa shape index (κ1) is 18.8. The summed E-state index contributed by atoms with van der Waals surface area (Å²) in [4.78, 5) is 1.55. The summed E-state index contributed by atoms with van der Waals surface area (Å²) in [6.45, 7) is 0. The fourth-order valence-electron chi connectivity index (χ4n) is 2.63. The van der Waals surface area contributed by atoms with E-state index < -0.39 is 21.7 Å². The number of hydrogen-bond donors (Lipinski definition) is 1. The highest BCUT2D eigenvalue weighted by Crippen LogP contribution is 2.32. The maximum absolute atomic E-state index is 13.9. The Morgan fingerprint density at radius 3 is 2.04 bits per heavy atom. The Bertz CT molecular complexity index is 1050. The molecule has 4 nitrogen and oxygen atoms in total. The van der Waals surface area contributed by atoms with Crippen molar-refractivity contribution in [1.82, 2.24) is 0 Å². The summed E-state index contributed by atoms with van der Waals surface area (Å²) < 4.78 is 55.8. The minimum absolute atomic E-state index is 0.0858. The summed E-state index contributed by atoms with van der Waals surface area (Å²) >= 11 is 0. The van der Waals surface area contributed by atoms with E-state index in [1.54, 1.807) is 54.6 Å². The van der Waals surface area contributed by atoms with Crippen LogP contribution in [-0.2, 0) is 10.0 Å². The van der Waals surface area contributed by atoms with Crippen LogP contribution >= 0.6 is 0 Å². The Labute approximate surface area is 157 Å². The van der Waals surface area contributed by atoms with E-state index in [-0.39, 0.29) is 10.5 Å². The number of hydrogen-bond acceptors (Lipinski definition) is 3. The fraction of sp³-hybridized carbons (Fsp3) is 0.100. The summed E-state index contributed by atoms with van der Waals surface area (Å²) in [7, 11) is -0.390. The van der Waals surface area contributed by atoms with Gasteiger partial charge >= 0.3 is 0 Å². The highest BCUT2D eigenvalue weighted by atomic mass is 32.2. The van der Waals surface area contributed by atoms with Crippen molar-refractivity contribution in [2.75, 3.05) is 23.7 Å². The smallest absolute Gasteiger partial charge is 0.262 e. The van der Waals surface area contributed by atoms with Gasteiger partial charge in [0, 0.05) is 31.0 Å². The van der Waals surface area contributed by atoms with Gasteiger partial charge in [0.15, 0.2) is 11.6 Å². The van der Waals surface area contributed by atoms with Crippen molar-refractivity contribution in [1.29, 1.82) is 0 Å². The molecule has 7 heteroatoms. The van der Waals surface area contributed by atoms with E-state index in [0.29, 0.717) is 17.3 Å². The average Bonchev–Trinajstić information content (AvgIpc) is 2.64. The molecule has 0 fully saturated rings. The normalized spacial score (nSPS) is 11.3. The van der Waals surface area contributed by atoms with E-state index in [1.807, 2.05) is 19.0 Å². The summed E-state index contributed by atoms with van der Waals surface area (Å²) in [5.41, 5.74) is 1.78. The van der Waals surface area contributed by atoms with Crippen LogP contribution in [0.15, 0.2) is 71.6 Å². The van der Waals surface area contributed by atoms with Crippen LogP contribution in [0.5, 0.6) is 0 Å². The molecule has 0 saturated heterocycles. The lowest BCUT2D eigenvalue weighted by molar-refractivity contribution is 0.505. The van der Waals surface area contributed by atoms with E-state index in [4.69, 9.17) is 0 Å². The molecule has 0 heterocycles. The average molecular weight is 388 g/mol. The standard InChI is InChI=1S/C20H18F2N2O2S/c1-24(2)16-10-8-14(9-11-16)17-12-18(21)19(22)13-20(17)27(25,26)23-15-6-4-3-5-7-15/h3-13,23H,1-2H3. The van der Waals surface area contributed by atoms with Gasteiger partial charge in [0.1, 0.15) is 0 Å². The van der Waals surface area contributed by atoms with Crippen molar-refractivity contribution in [2.45, 2.75) is 4.90 Å². The minimum atomic E-state index is -4.12. The summed E-state index contributed by atoms with van der Waals surface area (Å²) in [5, 5.41) is 0. The second kappa shape index (κ2) is 7.36. The zero-order valence-corrected chi connectivity index (χ0v) is 15.6. The van der Waals surface area contributed by atoms with E-state index in [1.165, 1.54) is 0 Å². The second-order valence-corrected chi connectivity index (χ2v) is 7.83. The van der Waals surface area contributed by atoms with Crippen molar-refractivity contribution >= 4 is 21.4 Å². The van der Waals surface area contributed by atoms with E-state index in [2.05, 4.69) is 4.72 Å². The van der Waals surface area contributed by atoms with Crippen molar-refractivity contribution in [3.8, 4) is 11.1 Å². The number of rotatable bonds is 5. The lowest BCUT2D eigenvalue weighted by atomic mass is 10.0. The number of sulfonamides is 1. The third-order valence-electron chi connectivity index (χ3n) is 4.03. The molecular weight excluding hydrogens is 370 g/mol. The molecule has 0 bridgehead atoms. The van der Waals surface area contributed by atoms with Gasteiger partial charge in [0.25, 0.3) is 10.0 Å². The second-order valence-electron chi connectivity index (χ2n) is 6.18. The van der Waals surface area contributed by atoms with Gasteiger partial charge in [-0.15, -0.1) is 0 Å². The number of benzene rings is 3. The molecule has 3 rings (SSSR count). The predicted octanol–water partition coefficient (Wildman–Crippen LogP) is 4.50. The van der Waals surface area contributed by atoms with E-state index in [0.717, 1.165) is 11.8 Å². The number of para-hydroxylation sites is 1. The monoisotopic (exact) mass is 388 g/mol. The van der Waals surface area contributed by atoms with Crippen LogP contribution in [-0.4, -0.2) is 22.5 Å². The molecule has 140 valence electrons. The molecule has 0 saturated carbocycles. The number of nitrogens with zero attached hydrogens (tertiary/aromatic N) is 1. The Kier molecular flexibility index (Phi) is 5.14. The zero-order valence-electron chi connectivity index (χ0n) is 14.8. The Morgan fingerprint density at radius 1 is 0.852 bits per heavy atom. The third kappa shape index (κ3) is 4.09. The Balaban J connectivity index is 2.11. The van der Waals surface area contributed by atoms with Crippen LogP contribution in [0.4, 0.5) is 20.2 Å². The lowest BCUT2D eigenvalue weighted by Gasteiger charge is -2.15. The van der Waals surface area contributed by atoms with Crippen molar-refractivity contribution in [2.24, 2.45) is 0 Å². The topological polar surface area (TPSA) is 49.4 Å². The maximum atomic E-state index is 13.9.